The summed E-state index contributed by atoms with van der Waals surface area (Å²) < 4.78 is 13.4. The van der Waals surface area contributed by atoms with Crippen LogP contribution in [0.4, 0.5) is 10.3 Å². The van der Waals surface area contributed by atoms with Gasteiger partial charge in [0.05, 0.1) is 15.9 Å². The molecule has 184 valence electrons. The summed E-state index contributed by atoms with van der Waals surface area (Å²) in [5, 5.41) is 4.13. The van der Waals surface area contributed by atoms with Crippen molar-refractivity contribution in [1.29, 1.82) is 0 Å². The molecule has 1 aliphatic rings. The molecular weight excluding hydrogens is 449 g/mol. The van der Waals surface area contributed by atoms with E-state index in [0.717, 1.165) is 40.3 Å². The van der Waals surface area contributed by atoms with E-state index < -0.39 is 0 Å². The van der Waals surface area contributed by atoms with Gasteiger partial charge < -0.3 is 10.2 Å². The number of amides is 1. The zero-order valence-electron chi connectivity index (χ0n) is 20.6. The maximum atomic E-state index is 13.7. The van der Waals surface area contributed by atoms with Gasteiger partial charge in [-0.15, -0.1) is 11.3 Å². The third kappa shape index (κ3) is 5.97. The van der Waals surface area contributed by atoms with Crippen molar-refractivity contribution in [2.45, 2.75) is 59.9 Å². The maximum absolute atomic E-state index is 13.7. The second-order valence-corrected chi connectivity index (χ2v) is 9.46. The van der Waals surface area contributed by atoms with E-state index >= 15 is 0 Å². The van der Waals surface area contributed by atoms with Crippen molar-refractivity contribution in [2.75, 3.05) is 18.4 Å². The number of aryl methyl sites for hydroxylation is 2. The number of nitrogens with zero attached hydrogens (tertiary/aromatic N) is 4. The van der Waals surface area contributed by atoms with Gasteiger partial charge in [0.2, 0.25) is 5.95 Å². The van der Waals surface area contributed by atoms with Crippen LogP contribution in [0.15, 0.2) is 36.7 Å². The largest absolute Gasteiger partial charge is 0.352 e. The minimum absolute atomic E-state index is 0. The Balaban J connectivity index is 0.00000140. The second kappa shape index (κ2) is 12.0. The average molecular weight is 486 g/mol. The molecule has 0 aliphatic carbocycles. The molecule has 8 heteroatoms. The lowest BCUT2D eigenvalue weighted by atomic mass is 9.90. The fraction of sp³-hybridized carbons (Fsp3) is 0.462. The molecule has 0 bridgehead atoms. The molecule has 1 amide bonds. The van der Waals surface area contributed by atoms with Crippen LogP contribution in [0.3, 0.4) is 0 Å². The van der Waals surface area contributed by atoms with E-state index in [9.17, 15) is 9.18 Å². The summed E-state index contributed by atoms with van der Waals surface area (Å²) in [5.41, 5.74) is 2.34. The van der Waals surface area contributed by atoms with Crippen LogP contribution < -0.4 is 5.32 Å². The lowest BCUT2D eigenvalue weighted by Gasteiger charge is -2.40. The Morgan fingerprint density at radius 2 is 1.91 bits per heavy atom. The smallest absolute Gasteiger partial charge is 0.274 e. The summed E-state index contributed by atoms with van der Waals surface area (Å²) in [4.78, 5) is 29.7. The second-order valence-electron chi connectivity index (χ2n) is 8.25. The molecule has 6 nitrogen and oxygen atoms in total. The summed E-state index contributed by atoms with van der Waals surface area (Å²) >= 11 is 1.46. The van der Waals surface area contributed by atoms with Gasteiger partial charge in [-0.3, -0.25) is 4.79 Å². The molecule has 0 radical (unpaired) electrons. The van der Waals surface area contributed by atoms with Crippen molar-refractivity contribution in [3.8, 4) is 10.4 Å². The molecule has 2 aromatic heterocycles. The Morgan fingerprint density at radius 1 is 1.24 bits per heavy atom. The van der Waals surface area contributed by atoms with Gasteiger partial charge in [0.15, 0.2) is 0 Å². The number of aromatic nitrogens is 3. The van der Waals surface area contributed by atoms with Crippen molar-refractivity contribution in [1.82, 2.24) is 19.9 Å². The van der Waals surface area contributed by atoms with Gasteiger partial charge in [-0.2, -0.15) is 0 Å². The van der Waals surface area contributed by atoms with Crippen molar-refractivity contribution < 1.29 is 10.6 Å². The number of carbonyl (C=O) groups is 1. The Hall–Kier alpha value is -2.87. The van der Waals surface area contributed by atoms with Gasteiger partial charge in [0, 0.05) is 26.9 Å². The predicted molar refractivity (Wildman–Crippen MR) is 139 cm³/mol. The fourth-order valence-electron chi connectivity index (χ4n) is 4.14. The number of rotatable bonds is 6. The summed E-state index contributed by atoms with van der Waals surface area (Å²) in [6.07, 6.45) is 6.57. The highest BCUT2D eigenvalue weighted by Crippen LogP contribution is 2.33. The molecule has 2 atom stereocenters. The number of nitrogens with one attached hydrogen (secondary N) is 1. The van der Waals surface area contributed by atoms with Gasteiger partial charge in [-0.1, -0.05) is 39.8 Å². The quantitative estimate of drug-likeness (QED) is 0.448. The SMILES string of the molecule is CC.CCc1cnc(NC[C@@H]2C(C)CCCN2C(=O)c2nc(C)sc2-c2ccc(F)cc2)nc1.[HH]. The standard InChI is InChI=1S/C24H28FN5OS.C2H6.H2/c1-4-17-12-26-24(27-13-17)28-14-20-15(2)6-5-11-30(20)23(31)21-22(32-16(3)29-21)18-7-9-19(25)10-8-18;1-2;/h7-10,12-13,15,20H,4-6,11,14H2,1-3H3,(H,26,27,28);1-2H3;1H/t15?,20-;;/m1../s1. The monoisotopic (exact) mass is 485 g/mol. The minimum atomic E-state index is -0.298. The third-order valence-corrected chi connectivity index (χ3v) is 7.02. The van der Waals surface area contributed by atoms with E-state index in [1.54, 1.807) is 12.1 Å². The van der Waals surface area contributed by atoms with Gasteiger partial charge in [0.1, 0.15) is 11.5 Å². The van der Waals surface area contributed by atoms with Gasteiger partial charge in [0.25, 0.3) is 5.91 Å². The van der Waals surface area contributed by atoms with Crippen LogP contribution in [0.1, 0.15) is 63.0 Å². The first-order valence-corrected chi connectivity index (χ1v) is 12.9. The molecule has 3 aromatic rings. The molecule has 3 heterocycles. The number of anilines is 1. The molecular formula is C26H36FN5OS. The van der Waals surface area contributed by atoms with Crippen LogP contribution in [0.25, 0.3) is 10.4 Å². The first-order valence-electron chi connectivity index (χ1n) is 12.1. The molecule has 0 spiro atoms. The van der Waals surface area contributed by atoms with Crippen molar-refractivity contribution in [3.05, 3.63) is 58.7 Å². The van der Waals surface area contributed by atoms with E-state index in [0.29, 0.717) is 30.6 Å². The van der Waals surface area contributed by atoms with Crippen LogP contribution in [0, 0.1) is 18.7 Å². The average Bonchev–Trinajstić information content (AvgIpc) is 3.26. The Bertz CT molecular complexity index is 1070. The van der Waals surface area contributed by atoms with E-state index in [2.05, 4.69) is 34.1 Å². The van der Waals surface area contributed by atoms with E-state index in [1.165, 1.54) is 23.5 Å². The number of hydrogen-bond donors (Lipinski definition) is 1. The van der Waals surface area contributed by atoms with E-state index in [-0.39, 0.29) is 19.2 Å². The van der Waals surface area contributed by atoms with Gasteiger partial charge >= 0.3 is 0 Å². The fourth-order valence-corrected chi connectivity index (χ4v) is 5.06. The molecule has 0 saturated carbocycles. The molecule has 1 saturated heterocycles. The number of hydrogen-bond acceptors (Lipinski definition) is 6. The molecule has 4 rings (SSSR count). The Kier molecular flexibility index (Phi) is 9.10. The summed E-state index contributed by atoms with van der Waals surface area (Å²) in [6, 6.07) is 6.24. The number of halogens is 1. The topological polar surface area (TPSA) is 71.0 Å². The number of benzene rings is 1. The number of carbonyl (C=O) groups excluding carboxylic acids is 1. The highest BCUT2D eigenvalue weighted by Gasteiger charge is 2.34. The van der Waals surface area contributed by atoms with Crippen LogP contribution in [-0.2, 0) is 6.42 Å². The molecule has 1 unspecified atom stereocenters. The first-order chi connectivity index (χ1) is 16.5. The molecule has 1 N–H and O–H groups in total. The van der Waals surface area contributed by atoms with Gasteiger partial charge in [-0.05, 0) is 55.4 Å². The summed E-state index contributed by atoms with van der Waals surface area (Å²) in [5.74, 6) is 0.537. The molecule has 1 aromatic carbocycles. The summed E-state index contributed by atoms with van der Waals surface area (Å²) in [6.45, 7) is 11.4. The van der Waals surface area contributed by atoms with Crippen LogP contribution in [-0.4, -0.2) is 44.9 Å². The number of piperidine rings is 1. The lowest BCUT2D eigenvalue weighted by Crippen LogP contribution is -2.51. The molecule has 1 fully saturated rings. The number of likely N-dealkylation sites (tertiary alicyclic amines) is 1. The van der Waals surface area contributed by atoms with Crippen molar-refractivity contribution >= 4 is 23.2 Å². The highest BCUT2D eigenvalue weighted by molar-refractivity contribution is 7.15. The van der Waals surface area contributed by atoms with Crippen molar-refractivity contribution in [2.24, 2.45) is 5.92 Å². The Morgan fingerprint density at radius 3 is 2.56 bits per heavy atom. The van der Waals surface area contributed by atoms with Crippen LogP contribution >= 0.6 is 11.3 Å². The molecule has 34 heavy (non-hydrogen) atoms. The third-order valence-electron chi connectivity index (χ3n) is 6.00. The lowest BCUT2D eigenvalue weighted by molar-refractivity contribution is 0.0535. The minimum Gasteiger partial charge on any atom is -0.352 e. The van der Waals surface area contributed by atoms with E-state index in [4.69, 9.17) is 0 Å². The summed E-state index contributed by atoms with van der Waals surface area (Å²) in [7, 11) is 0. The predicted octanol–water partition coefficient (Wildman–Crippen LogP) is 6.24. The van der Waals surface area contributed by atoms with Crippen LogP contribution in [0.5, 0.6) is 0 Å². The maximum Gasteiger partial charge on any atom is 0.274 e. The van der Waals surface area contributed by atoms with Gasteiger partial charge in [-0.25, -0.2) is 19.3 Å². The van der Waals surface area contributed by atoms with E-state index in [1.807, 2.05) is 38.1 Å². The zero-order chi connectivity index (χ0) is 24.7. The molecule has 1 aliphatic heterocycles. The Labute approximate surface area is 207 Å². The van der Waals surface area contributed by atoms with Crippen molar-refractivity contribution in [3.63, 3.8) is 0 Å². The normalized spacial score (nSPS) is 17.6. The first kappa shape index (κ1) is 25.7. The van der Waals surface area contributed by atoms with Crippen LogP contribution in [0.2, 0.25) is 0 Å². The zero-order valence-corrected chi connectivity index (χ0v) is 21.5. The highest BCUT2D eigenvalue weighted by atomic mass is 32.1. The number of thiazole rings is 1.